The maximum absolute atomic E-state index is 13.2. The lowest BCUT2D eigenvalue weighted by molar-refractivity contribution is -0.122. The molecule has 0 radical (unpaired) electrons. The maximum Gasteiger partial charge on any atom is 0.335 e. The number of barbiturate groups is 1. The minimum atomic E-state index is -0.813. The van der Waals surface area contributed by atoms with Crippen LogP contribution in [0.1, 0.15) is 16.7 Å². The van der Waals surface area contributed by atoms with E-state index < -0.39 is 17.8 Å². The van der Waals surface area contributed by atoms with Crippen molar-refractivity contribution >= 4 is 73.1 Å². The molecule has 1 saturated heterocycles. The topological polar surface area (TPSA) is 75.7 Å². The third-order valence-corrected chi connectivity index (χ3v) is 6.73. The van der Waals surface area contributed by atoms with Gasteiger partial charge in [-0.3, -0.25) is 14.9 Å². The molecule has 1 N–H and O–H groups in total. The number of carbonyl (C=O) groups excluding carboxylic acids is 3. The number of anilines is 1. The van der Waals surface area contributed by atoms with Crippen LogP contribution >= 0.6 is 43.5 Å². The summed E-state index contributed by atoms with van der Waals surface area (Å²) in [6.07, 6.45) is 1.38. The number of hydrogen-bond donors (Lipinski definition) is 1. The average molecular weight is 605 g/mol. The molecule has 6 nitrogen and oxygen atoms in total. The van der Waals surface area contributed by atoms with E-state index in [1.54, 1.807) is 36.4 Å². The molecule has 0 bridgehead atoms. The van der Waals surface area contributed by atoms with Gasteiger partial charge in [-0.05, 0) is 72.7 Å². The summed E-state index contributed by atoms with van der Waals surface area (Å²) in [5.74, 6) is -1.10. The van der Waals surface area contributed by atoms with Crippen molar-refractivity contribution in [2.75, 3.05) is 4.90 Å². The lowest BCUT2D eigenvalue weighted by Crippen LogP contribution is -2.54. The summed E-state index contributed by atoms with van der Waals surface area (Å²) >= 11 is 13.0. The van der Waals surface area contributed by atoms with Gasteiger partial charge in [0.15, 0.2) is 0 Å². The number of halogens is 3. The number of imide groups is 2. The van der Waals surface area contributed by atoms with Crippen LogP contribution in [0.15, 0.2) is 75.2 Å². The quantitative estimate of drug-likeness (QED) is 0.270. The number of hydrogen-bond acceptors (Lipinski definition) is 4. The Morgan fingerprint density at radius 3 is 2.44 bits per heavy atom. The fraction of sp³-hybridized carbons (Fsp3) is 0.0800. The second-order valence-electron chi connectivity index (χ2n) is 7.49. The Labute approximate surface area is 217 Å². The molecule has 4 amide bonds. The standard InChI is InChI=1S/C25H17Br2ClN2O4/c1-14-10-19(7-8-21(14)27)30-24(32)20(23(31)29-25(30)33)12-16-11-18(28)6-9-22(16)34-13-15-2-4-17(26)5-3-15/h2-12H,13H2,1H3,(H,29,31,33)/b20-12-. The van der Waals surface area contributed by atoms with Crippen LogP contribution < -0.4 is 15.0 Å². The molecule has 0 aromatic heterocycles. The van der Waals surface area contributed by atoms with Gasteiger partial charge in [-0.1, -0.05) is 55.6 Å². The fourth-order valence-corrected chi connectivity index (χ4v) is 4.01. The van der Waals surface area contributed by atoms with E-state index in [9.17, 15) is 14.4 Å². The highest BCUT2D eigenvalue weighted by Gasteiger charge is 2.37. The molecule has 172 valence electrons. The smallest absolute Gasteiger partial charge is 0.335 e. The van der Waals surface area contributed by atoms with Crippen molar-refractivity contribution in [2.45, 2.75) is 13.5 Å². The summed E-state index contributed by atoms with van der Waals surface area (Å²) in [7, 11) is 0. The van der Waals surface area contributed by atoms with Gasteiger partial charge in [0, 0.05) is 19.5 Å². The highest BCUT2D eigenvalue weighted by atomic mass is 79.9. The summed E-state index contributed by atoms with van der Waals surface area (Å²) < 4.78 is 7.73. The van der Waals surface area contributed by atoms with E-state index >= 15 is 0 Å². The highest BCUT2D eigenvalue weighted by molar-refractivity contribution is 9.10. The van der Waals surface area contributed by atoms with Crippen molar-refractivity contribution in [3.05, 3.63) is 96.9 Å². The summed E-state index contributed by atoms with van der Waals surface area (Å²) in [4.78, 5) is 39.3. The number of urea groups is 1. The van der Waals surface area contributed by atoms with Gasteiger partial charge in [0.25, 0.3) is 11.8 Å². The summed E-state index contributed by atoms with van der Waals surface area (Å²) in [5, 5.41) is 2.63. The third kappa shape index (κ3) is 5.24. The molecular weight excluding hydrogens is 588 g/mol. The highest BCUT2D eigenvalue weighted by Crippen LogP contribution is 2.30. The second kappa shape index (κ2) is 10.1. The van der Waals surface area contributed by atoms with Crippen molar-refractivity contribution in [1.29, 1.82) is 0 Å². The van der Waals surface area contributed by atoms with Crippen LogP contribution in [-0.2, 0) is 16.2 Å². The first kappa shape index (κ1) is 24.2. The zero-order valence-electron chi connectivity index (χ0n) is 17.8. The second-order valence-corrected chi connectivity index (χ2v) is 9.70. The van der Waals surface area contributed by atoms with Crippen LogP contribution in [0.4, 0.5) is 10.5 Å². The predicted molar refractivity (Wildman–Crippen MR) is 138 cm³/mol. The van der Waals surface area contributed by atoms with Gasteiger partial charge in [-0.2, -0.15) is 0 Å². The Morgan fingerprint density at radius 1 is 1.00 bits per heavy atom. The first-order valence-electron chi connectivity index (χ1n) is 10.1. The molecule has 34 heavy (non-hydrogen) atoms. The van der Waals surface area contributed by atoms with Crippen LogP contribution in [0.3, 0.4) is 0 Å². The number of rotatable bonds is 5. The maximum atomic E-state index is 13.2. The molecule has 0 spiro atoms. The van der Waals surface area contributed by atoms with Crippen LogP contribution in [-0.4, -0.2) is 17.8 Å². The lowest BCUT2D eigenvalue weighted by Gasteiger charge is -2.27. The number of amides is 4. The zero-order chi connectivity index (χ0) is 24.4. The largest absolute Gasteiger partial charge is 0.488 e. The molecule has 3 aromatic carbocycles. The number of nitrogens with one attached hydrogen (secondary N) is 1. The zero-order valence-corrected chi connectivity index (χ0v) is 21.7. The van der Waals surface area contributed by atoms with Crippen molar-refractivity contribution in [3.63, 3.8) is 0 Å². The fourth-order valence-electron chi connectivity index (χ4n) is 3.32. The monoisotopic (exact) mass is 602 g/mol. The van der Waals surface area contributed by atoms with Gasteiger partial charge < -0.3 is 4.74 Å². The van der Waals surface area contributed by atoms with Crippen molar-refractivity contribution in [3.8, 4) is 5.75 Å². The van der Waals surface area contributed by atoms with E-state index in [1.165, 1.54) is 6.08 Å². The van der Waals surface area contributed by atoms with E-state index in [4.69, 9.17) is 16.3 Å². The minimum Gasteiger partial charge on any atom is -0.488 e. The molecule has 1 aliphatic heterocycles. The van der Waals surface area contributed by atoms with E-state index in [1.807, 2.05) is 31.2 Å². The molecule has 4 rings (SSSR count). The third-order valence-electron chi connectivity index (χ3n) is 5.08. The lowest BCUT2D eigenvalue weighted by atomic mass is 10.1. The van der Waals surface area contributed by atoms with Crippen molar-refractivity contribution in [1.82, 2.24) is 5.32 Å². The molecule has 0 saturated carbocycles. The van der Waals surface area contributed by atoms with Crippen LogP contribution in [0, 0.1) is 6.92 Å². The first-order chi connectivity index (χ1) is 16.2. The Hall–Kier alpha value is -2.94. The normalized spacial score (nSPS) is 15.0. The van der Waals surface area contributed by atoms with Crippen LogP contribution in [0.25, 0.3) is 6.08 Å². The van der Waals surface area contributed by atoms with Crippen molar-refractivity contribution in [2.24, 2.45) is 0 Å². The number of aryl methyl sites for hydroxylation is 1. The van der Waals surface area contributed by atoms with Crippen LogP contribution in [0.5, 0.6) is 5.75 Å². The summed E-state index contributed by atoms with van der Waals surface area (Å²) in [6, 6.07) is 16.8. The molecule has 1 heterocycles. The Morgan fingerprint density at radius 2 is 1.74 bits per heavy atom. The van der Waals surface area contributed by atoms with Gasteiger partial charge in [0.2, 0.25) is 0 Å². The van der Waals surface area contributed by atoms with E-state index in [-0.39, 0.29) is 12.2 Å². The molecule has 0 unspecified atom stereocenters. The SMILES string of the molecule is Cc1cc(N2C(=O)NC(=O)/C(=C/c3cc(Cl)ccc3OCc3ccc(Br)cc3)C2=O)ccc1Br. The summed E-state index contributed by atoms with van der Waals surface area (Å²) in [6.45, 7) is 2.11. The van der Waals surface area contributed by atoms with Crippen molar-refractivity contribution < 1.29 is 19.1 Å². The van der Waals surface area contributed by atoms with E-state index in [0.29, 0.717) is 22.0 Å². The van der Waals surface area contributed by atoms with E-state index in [0.717, 1.165) is 25.0 Å². The molecule has 1 aliphatic rings. The van der Waals surface area contributed by atoms with E-state index in [2.05, 4.69) is 37.2 Å². The van der Waals surface area contributed by atoms with Gasteiger partial charge >= 0.3 is 6.03 Å². The summed E-state index contributed by atoms with van der Waals surface area (Å²) in [5.41, 5.74) is 2.34. The molecule has 0 atom stereocenters. The molecule has 9 heteroatoms. The molecular formula is C25H17Br2ClN2O4. The Balaban J connectivity index is 1.67. The van der Waals surface area contributed by atoms with Gasteiger partial charge in [0.1, 0.15) is 17.9 Å². The number of benzene rings is 3. The van der Waals surface area contributed by atoms with Gasteiger partial charge in [0.05, 0.1) is 5.69 Å². The van der Waals surface area contributed by atoms with Gasteiger partial charge in [-0.15, -0.1) is 0 Å². The van der Waals surface area contributed by atoms with Gasteiger partial charge in [-0.25, -0.2) is 9.69 Å². The Kier molecular flexibility index (Phi) is 7.21. The molecule has 0 aliphatic carbocycles. The van der Waals surface area contributed by atoms with Crippen LogP contribution in [0.2, 0.25) is 5.02 Å². The Bertz CT molecular complexity index is 1340. The average Bonchev–Trinajstić information content (AvgIpc) is 2.79. The molecule has 1 fully saturated rings. The first-order valence-corrected chi connectivity index (χ1v) is 12.0. The molecule has 3 aromatic rings. The predicted octanol–water partition coefficient (Wildman–Crippen LogP) is 6.42. The number of ether oxygens (including phenoxy) is 1. The number of nitrogens with zero attached hydrogens (tertiary/aromatic N) is 1. The number of carbonyl (C=O) groups is 3. The minimum absolute atomic E-state index is 0.212.